The van der Waals surface area contributed by atoms with Crippen LogP contribution >= 0.6 is 0 Å². The summed E-state index contributed by atoms with van der Waals surface area (Å²) < 4.78 is 46.9. The summed E-state index contributed by atoms with van der Waals surface area (Å²) in [6, 6.07) is 12.9. The van der Waals surface area contributed by atoms with E-state index < -0.39 is 46.8 Å². The molecule has 0 atom stereocenters. The van der Waals surface area contributed by atoms with Crippen LogP contribution in [0, 0.1) is 11.6 Å². The van der Waals surface area contributed by atoms with Crippen molar-refractivity contribution in [3.05, 3.63) is 111 Å². The van der Waals surface area contributed by atoms with E-state index in [1.807, 2.05) is 0 Å². The van der Waals surface area contributed by atoms with Crippen molar-refractivity contribution in [2.45, 2.75) is 6.54 Å². The zero-order valence-electron chi connectivity index (χ0n) is 25.0. The highest BCUT2D eigenvalue weighted by Crippen LogP contribution is 2.37. The van der Waals surface area contributed by atoms with Crippen LogP contribution in [0.5, 0.6) is 23.0 Å². The SMILES string of the molecule is COc1cc2nccc(Oc3ccc(NC(=O)c4cn(CC(=O)N(C)C)c(=O)n(-c5ccc(F)cc5)c4=O)cc3F)c2cc1OC. The maximum atomic E-state index is 15.3. The van der Waals surface area contributed by atoms with Gasteiger partial charge in [-0.2, -0.15) is 0 Å². The highest BCUT2D eigenvalue weighted by Gasteiger charge is 2.21. The predicted molar refractivity (Wildman–Crippen MR) is 164 cm³/mol. The summed E-state index contributed by atoms with van der Waals surface area (Å²) >= 11 is 0. The van der Waals surface area contributed by atoms with Crippen LogP contribution in [0.15, 0.2) is 82.6 Å². The molecule has 46 heavy (non-hydrogen) atoms. The largest absolute Gasteiger partial charge is 0.493 e. The maximum absolute atomic E-state index is 15.3. The summed E-state index contributed by atoms with van der Waals surface area (Å²) in [6.07, 6.45) is 2.44. The average molecular weight is 632 g/mol. The van der Waals surface area contributed by atoms with Crippen molar-refractivity contribution >= 4 is 28.4 Å². The Morgan fingerprint density at radius 3 is 2.24 bits per heavy atom. The number of fused-ring (bicyclic) bond motifs is 1. The van der Waals surface area contributed by atoms with Crippen molar-refractivity contribution in [1.82, 2.24) is 19.0 Å². The number of nitrogens with zero attached hydrogens (tertiary/aromatic N) is 4. The molecule has 12 nitrogen and oxygen atoms in total. The Morgan fingerprint density at radius 2 is 1.59 bits per heavy atom. The van der Waals surface area contributed by atoms with Crippen molar-refractivity contribution in [1.29, 1.82) is 0 Å². The number of aromatic nitrogens is 3. The van der Waals surface area contributed by atoms with Crippen molar-refractivity contribution in [2.24, 2.45) is 0 Å². The monoisotopic (exact) mass is 631 g/mol. The normalized spacial score (nSPS) is 10.8. The molecule has 0 unspecified atom stereocenters. The van der Waals surface area contributed by atoms with Gasteiger partial charge in [-0.3, -0.25) is 23.9 Å². The lowest BCUT2D eigenvalue weighted by atomic mass is 10.1. The van der Waals surface area contributed by atoms with Gasteiger partial charge in [-0.15, -0.1) is 0 Å². The van der Waals surface area contributed by atoms with E-state index in [-0.39, 0.29) is 22.9 Å². The van der Waals surface area contributed by atoms with Gasteiger partial charge in [-0.05, 0) is 48.5 Å². The second-order valence-electron chi connectivity index (χ2n) is 10.1. The van der Waals surface area contributed by atoms with Crippen molar-refractivity contribution in [2.75, 3.05) is 33.6 Å². The van der Waals surface area contributed by atoms with E-state index in [0.717, 1.165) is 29.0 Å². The highest BCUT2D eigenvalue weighted by molar-refractivity contribution is 6.04. The molecule has 5 aromatic rings. The lowest BCUT2D eigenvalue weighted by Crippen LogP contribution is -2.44. The quantitative estimate of drug-likeness (QED) is 0.258. The van der Waals surface area contributed by atoms with Gasteiger partial charge in [-0.1, -0.05) is 0 Å². The molecule has 2 amide bonds. The summed E-state index contributed by atoms with van der Waals surface area (Å²) in [5, 5.41) is 2.97. The number of carbonyl (C=O) groups is 2. The number of amides is 2. The van der Waals surface area contributed by atoms with Gasteiger partial charge in [-0.25, -0.2) is 18.1 Å². The molecule has 0 aliphatic rings. The average Bonchev–Trinajstić information content (AvgIpc) is 3.03. The van der Waals surface area contributed by atoms with Gasteiger partial charge in [0.25, 0.3) is 11.5 Å². The fraction of sp³-hybridized carbons (Fsp3) is 0.156. The summed E-state index contributed by atoms with van der Waals surface area (Å²) in [7, 11) is 5.92. The first kappa shape index (κ1) is 31.4. The molecule has 0 saturated carbocycles. The Hall–Kier alpha value is -6.05. The molecule has 236 valence electrons. The standard InChI is InChI=1S/C32H27F2N5O7/c1-37(2)29(40)17-38-16-22(31(42)39(32(38)43)20-8-5-18(33)6-9-20)30(41)36-19-7-10-26(23(34)13-19)46-25-11-12-35-24-15-28(45-4)27(44-3)14-21(24)25/h5-16H,17H2,1-4H3,(H,36,41). The molecule has 0 aliphatic carbocycles. The number of anilines is 1. The van der Waals surface area contributed by atoms with Crippen LogP contribution in [0.4, 0.5) is 14.5 Å². The van der Waals surface area contributed by atoms with Gasteiger partial charge in [0.05, 0.1) is 25.4 Å². The number of ether oxygens (including phenoxy) is 3. The van der Waals surface area contributed by atoms with E-state index in [4.69, 9.17) is 14.2 Å². The second-order valence-corrected chi connectivity index (χ2v) is 10.1. The molecule has 0 radical (unpaired) electrons. The molecule has 0 bridgehead atoms. The van der Waals surface area contributed by atoms with Gasteiger partial charge >= 0.3 is 5.69 Å². The number of likely N-dealkylation sites (N-methyl/N-ethyl adjacent to an activating group) is 1. The van der Waals surface area contributed by atoms with Crippen LogP contribution in [-0.4, -0.2) is 59.1 Å². The Bertz CT molecular complexity index is 2090. The third-order valence-electron chi connectivity index (χ3n) is 6.91. The van der Waals surface area contributed by atoms with E-state index in [1.54, 1.807) is 18.2 Å². The van der Waals surface area contributed by atoms with Crippen LogP contribution < -0.4 is 30.8 Å². The van der Waals surface area contributed by atoms with Crippen LogP contribution in [0.25, 0.3) is 16.6 Å². The summed E-state index contributed by atoms with van der Waals surface area (Å²) in [5.74, 6) is -1.95. The minimum Gasteiger partial charge on any atom is -0.493 e. The van der Waals surface area contributed by atoms with E-state index in [1.165, 1.54) is 63.7 Å². The molecule has 2 heterocycles. The fourth-order valence-electron chi connectivity index (χ4n) is 4.49. The van der Waals surface area contributed by atoms with Crippen molar-refractivity contribution in [3.63, 3.8) is 0 Å². The molecule has 14 heteroatoms. The fourth-order valence-corrected chi connectivity index (χ4v) is 4.49. The third kappa shape index (κ3) is 6.26. The van der Waals surface area contributed by atoms with E-state index in [0.29, 0.717) is 27.0 Å². The second kappa shape index (κ2) is 12.9. The van der Waals surface area contributed by atoms with Gasteiger partial charge < -0.3 is 24.4 Å². The number of methoxy groups -OCH3 is 2. The predicted octanol–water partition coefficient (Wildman–Crippen LogP) is 3.98. The van der Waals surface area contributed by atoms with Crippen molar-refractivity contribution < 1.29 is 32.6 Å². The van der Waals surface area contributed by atoms with Gasteiger partial charge in [0.15, 0.2) is 23.1 Å². The Balaban J connectivity index is 1.46. The first-order valence-electron chi connectivity index (χ1n) is 13.6. The van der Waals surface area contributed by atoms with Crippen LogP contribution in [0.2, 0.25) is 0 Å². The third-order valence-corrected chi connectivity index (χ3v) is 6.91. The van der Waals surface area contributed by atoms with Gasteiger partial charge in [0.1, 0.15) is 23.7 Å². The first-order valence-corrected chi connectivity index (χ1v) is 13.6. The number of nitrogens with one attached hydrogen (secondary N) is 1. The van der Waals surface area contributed by atoms with Crippen LogP contribution in [0.1, 0.15) is 10.4 Å². The summed E-state index contributed by atoms with van der Waals surface area (Å²) in [6.45, 7) is -0.489. The number of halogens is 2. The number of pyridine rings is 1. The van der Waals surface area contributed by atoms with Gasteiger partial charge in [0, 0.05) is 49.7 Å². The lowest BCUT2D eigenvalue weighted by molar-refractivity contribution is -0.129. The molecule has 0 spiro atoms. The number of hydrogen-bond donors (Lipinski definition) is 1. The topological polar surface area (TPSA) is 134 Å². The Morgan fingerprint density at radius 1 is 0.891 bits per heavy atom. The molecule has 1 N–H and O–H groups in total. The highest BCUT2D eigenvalue weighted by atomic mass is 19.1. The number of hydrogen-bond acceptors (Lipinski definition) is 8. The van der Waals surface area contributed by atoms with Crippen molar-refractivity contribution in [3.8, 4) is 28.7 Å². The van der Waals surface area contributed by atoms with Crippen LogP contribution in [-0.2, 0) is 11.3 Å². The first-order chi connectivity index (χ1) is 22.0. The number of carbonyl (C=O) groups excluding carboxylic acids is 2. The molecule has 0 aliphatic heterocycles. The summed E-state index contributed by atoms with van der Waals surface area (Å²) in [4.78, 5) is 57.8. The number of benzene rings is 3. The zero-order chi connectivity index (χ0) is 33.1. The molecular formula is C32H27F2N5O7. The molecular weight excluding hydrogens is 604 g/mol. The van der Waals surface area contributed by atoms with E-state index >= 15 is 4.39 Å². The Labute approximate surface area is 260 Å². The number of rotatable bonds is 9. The van der Waals surface area contributed by atoms with E-state index in [2.05, 4.69) is 10.3 Å². The summed E-state index contributed by atoms with van der Waals surface area (Å²) in [5.41, 5.74) is -2.02. The minimum absolute atomic E-state index is 0.0238. The van der Waals surface area contributed by atoms with E-state index in [9.17, 15) is 23.6 Å². The molecule has 2 aromatic heterocycles. The minimum atomic E-state index is -1.03. The zero-order valence-corrected chi connectivity index (χ0v) is 25.0. The smallest absolute Gasteiger partial charge is 0.336 e. The molecule has 5 rings (SSSR count). The molecule has 3 aromatic carbocycles. The van der Waals surface area contributed by atoms with Crippen LogP contribution in [0.3, 0.4) is 0 Å². The Kier molecular flexibility index (Phi) is 8.80. The van der Waals surface area contributed by atoms with Gasteiger partial charge in [0.2, 0.25) is 5.91 Å². The lowest BCUT2D eigenvalue weighted by Gasteiger charge is -2.15. The molecule has 0 fully saturated rings. The molecule has 0 saturated heterocycles. The maximum Gasteiger partial charge on any atom is 0.336 e.